The van der Waals surface area contributed by atoms with Gasteiger partial charge in [-0.2, -0.15) is 13.2 Å². The first-order chi connectivity index (χ1) is 16.2. The molecule has 0 radical (unpaired) electrons. The molecular formula is C23H21F3N2O6. The fraction of sp³-hybridized carbons (Fsp3) is 0.348. The Morgan fingerprint density at radius 2 is 1.65 bits per heavy atom. The number of alkyl halides is 3. The zero-order valence-electron chi connectivity index (χ0n) is 17.7. The van der Waals surface area contributed by atoms with Crippen LogP contribution in [0.2, 0.25) is 0 Å². The average molecular weight is 478 g/mol. The molecule has 0 saturated carbocycles. The third-order valence-corrected chi connectivity index (χ3v) is 5.86. The first-order valence-corrected chi connectivity index (χ1v) is 10.5. The van der Waals surface area contributed by atoms with Gasteiger partial charge in [0.1, 0.15) is 6.61 Å². The number of alkyl carbamates (subject to hydrolysis) is 1. The van der Waals surface area contributed by atoms with Gasteiger partial charge in [-0.3, -0.25) is 4.79 Å². The zero-order chi connectivity index (χ0) is 24.5. The topological polar surface area (TPSA) is 114 Å². The molecule has 1 aliphatic carbocycles. The second-order valence-corrected chi connectivity index (χ2v) is 7.98. The van der Waals surface area contributed by atoms with Gasteiger partial charge in [-0.1, -0.05) is 48.5 Å². The van der Waals surface area contributed by atoms with Crippen molar-refractivity contribution in [3.05, 3.63) is 59.7 Å². The van der Waals surface area contributed by atoms with Crippen molar-refractivity contribution in [1.82, 2.24) is 10.6 Å². The monoisotopic (exact) mass is 478 g/mol. The second-order valence-electron chi connectivity index (χ2n) is 7.98. The summed E-state index contributed by atoms with van der Waals surface area (Å²) in [6, 6.07) is 10.8. The molecule has 3 atom stereocenters. The van der Waals surface area contributed by atoms with Crippen molar-refractivity contribution in [2.45, 2.75) is 36.7 Å². The molecule has 0 bridgehead atoms. The normalized spacial score (nSPS) is 20.2. The van der Waals surface area contributed by atoms with Gasteiger partial charge in [-0.15, -0.1) is 0 Å². The lowest BCUT2D eigenvalue weighted by Gasteiger charge is -2.24. The Kier molecular flexibility index (Phi) is 6.47. The van der Waals surface area contributed by atoms with E-state index in [1.54, 1.807) is 5.32 Å². The van der Waals surface area contributed by atoms with E-state index in [1.165, 1.54) is 0 Å². The Bertz CT molecular complexity index is 1060. The third kappa shape index (κ3) is 4.69. The Morgan fingerprint density at radius 1 is 1.06 bits per heavy atom. The van der Waals surface area contributed by atoms with Gasteiger partial charge < -0.3 is 25.2 Å². The van der Waals surface area contributed by atoms with E-state index in [0.29, 0.717) is 0 Å². The number of aliphatic carboxylic acids is 1. The lowest BCUT2D eigenvalue weighted by molar-refractivity contribution is -0.168. The molecule has 1 saturated heterocycles. The van der Waals surface area contributed by atoms with E-state index in [9.17, 15) is 27.6 Å². The quantitative estimate of drug-likeness (QED) is 0.589. The Labute approximate surface area is 192 Å². The van der Waals surface area contributed by atoms with Crippen LogP contribution in [-0.2, 0) is 19.1 Å². The van der Waals surface area contributed by atoms with E-state index < -0.39 is 42.3 Å². The molecule has 0 aromatic heterocycles. The molecule has 34 heavy (non-hydrogen) atoms. The van der Waals surface area contributed by atoms with Crippen LogP contribution in [0.5, 0.6) is 0 Å². The van der Waals surface area contributed by atoms with Crippen molar-refractivity contribution in [3.63, 3.8) is 0 Å². The fourth-order valence-corrected chi connectivity index (χ4v) is 4.30. The summed E-state index contributed by atoms with van der Waals surface area (Å²) in [5.41, 5.74) is 3.66. The van der Waals surface area contributed by atoms with Crippen LogP contribution in [0.4, 0.5) is 18.0 Å². The number of rotatable bonds is 6. The van der Waals surface area contributed by atoms with Gasteiger partial charge in [0.05, 0.1) is 6.04 Å². The van der Waals surface area contributed by atoms with Crippen molar-refractivity contribution < 1.29 is 42.1 Å². The van der Waals surface area contributed by atoms with Crippen molar-refractivity contribution in [3.8, 4) is 11.1 Å². The maximum Gasteiger partial charge on any atom is 0.417 e. The molecule has 8 nitrogen and oxygen atoms in total. The maximum atomic E-state index is 13.5. The summed E-state index contributed by atoms with van der Waals surface area (Å²) >= 11 is 0. The van der Waals surface area contributed by atoms with Crippen LogP contribution in [0, 0.1) is 0 Å². The van der Waals surface area contributed by atoms with E-state index in [0.717, 1.165) is 22.3 Å². The summed E-state index contributed by atoms with van der Waals surface area (Å²) in [4.78, 5) is 35.7. The lowest BCUT2D eigenvalue weighted by atomic mass is 9.98. The number of carbonyl (C=O) groups excluding carboxylic acids is 2. The SMILES string of the molecule is O=C(NC(C(=O)NC1CCOC1C(=O)O)C(F)(F)F)OCC1c2ccccc2-c2ccccc21. The molecule has 2 aliphatic rings. The van der Waals surface area contributed by atoms with Gasteiger partial charge in [-0.25, -0.2) is 9.59 Å². The summed E-state index contributed by atoms with van der Waals surface area (Å²) in [7, 11) is 0. The minimum absolute atomic E-state index is 0.0260. The minimum atomic E-state index is -5.13. The van der Waals surface area contributed by atoms with Crippen molar-refractivity contribution in [2.75, 3.05) is 13.2 Å². The van der Waals surface area contributed by atoms with E-state index in [2.05, 4.69) is 0 Å². The number of nitrogens with one attached hydrogen (secondary N) is 2. The number of amides is 2. The molecule has 2 amide bonds. The molecule has 1 aliphatic heterocycles. The van der Waals surface area contributed by atoms with Crippen molar-refractivity contribution >= 4 is 18.0 Å². The number of halogens is 3. The largest absolute Gasteiger partial charge is 0.479 e. The van der Waals surface area contributed by atoms with Crippen LogP contribution in [-0.4, -0.2) is 60.7 Å². The fourth-order valence-electron chi connectivity index (χ4n) is 4.30. The van der Waals surface area contributed by atoms with Crippen LogP contribution >= 0.6 is 0 Å². The average Bonchev–Trinajstić information content (AvgIpc) is 3.38. The summed E-state index contributed by atoms with van der Waals surface area (Å²) in [5, 5.41) is 12.6. The predicted molar refractivity (Wildman–Crippen MR) is 112 cm³/mol. The van der Waals surface area contributed by atoms with Crippen LogP contribution in [0.25, 0.3) is 11.1 Å². The molecule has 11 heteroatoms. The molecule has 2 aromatic carbocycles. The molecule has 2 aromatic rings. The smallest absolute Gasteiger partial charge is 0.417 e. The Morgan fingerprint density at radius 3 is 2.21 bits per heavy atom. The summed E-state index contributed by atoms with van der Waals surface area (Å²) < 4.78 is 50.6. The molecule has 1 fully saturated rings. The molecule has 3 N–H and O–H groups in total. The number of carbonyl (C=O) groups is 3. The first kappa shape index (κ1) is 23.6. The molecule has 4 rings (SSSR count). The van der Waals surface area contributed by atoms with Crippen LogP contribution in [0.3, 0.4) is 0 Å². The van der Waals surface area contributed by atoms with Crippen LogP contribution in [0.15, 0.2) is 48.5 Å². The predicted octanol–water partition coefficient (Wildman–Crippen LogP) is 2.81. The number of hydrogen-bond acceptors (Lipinski definition) is 5. The highest BCUT2D eigenvalue weighted by molar-refractivity contribution is 5.87. The van der Waals surface area contributed by atoms with E-state index >= 15 is 0 Å². The van der Waals surface area contributed by atoms with Gasteiger partial charge >= 0.3 is 18.2 Å². The van der Waals surface area contributed by atoms with E-state index in [4.69, 9.17) is 14.6 Å². The summed E-state index contributed by atoms with van der Waals surface area (Å²) in [6.45, 7) is -0.262. The number of hydrogen-bond donors (Lipinski definition) is 3. The van der Waals surface area contributed by atoms with Crippen LogP contribution < -0.4 is 10.6 Å². The number of fused-ring (bicyclic) bond motifs is 3. The Balaban J connectivity index is 1.42. The molecular weight excluding hydrogens is 457 g/mol. The lowest BCUT2D eigenvalue weighted by Crippen LogP contribution is -2.58. The highest BCUT2D eigenvalue weighted by atomic mass is 19.4. The minimum Gasteiger partial charge on any atom is -0.479 e. The van der Waals surface area contributed by atoms with Gasteiger partial charge in [0.25, 0.3) is 5.91 Å². The highest BCUT2D eigenvalue weighted by Crippen LogP contribution is 2.44. The number of ether oxygens (including phenoxy) is 2. The van der Waals surface area contributed by atoms with Crippen molar-refractivity contribution in [2.24, 2.45) is 0 Å². The highest BCUT2D eigenvalue weighted by Gasteiger charge is 2.48. The summed E-state index contributed by atoms with van der Waals surface area (Å²) in [6.07, 6.45) is -7.99. The van der Waals surface area contributed by atoms with Gasteiger partial charge in [0.2, 0.25) is 6.04 Å². The number of benzene rings is 2. The summed E-state index contributed by atoms with van der Waals surface area (Å²) in [5.74, 6) is -3.37. The molecule has 0 spiro atoms. The molecule has 180 valence electrons. The molecule has 3 unspecified atom stereocenters. The van der Waals surface area contributed by atoms with E-state index in [-0.39, 0.29) is 25.6 Å². The van der Waals surface area contributed by atoms with Crippen LogP contribution in [0.1, 0.15) is 23.5 Å². The number of carboxylic acid groups (broad SMARTS) is 1. The van der Waals surface area contributed by atoms with Gasteiger partial charge in [-0.05, 0) is 28.7 Å². The first-order valence-electron chi connectivity index (χ1n) is 10.5. The zero-order valence-corrected chi connectivity index (χ0v) is 17.7. The molecule has 1 heterocycles. The van der Waals surface area contributed by atoms with Gasteiger partial charge in [0.15, 0.2) is 6.10 Å². The standard InChI is InChI=1S/C23H21F3N2O6/c24-23(25,26)19(20(29)27-17-9-10-33-18(17)21(30)31)28-22(32)34-11-16-14-7-3-1-5-12(14)13-6-2-4-8-15(13)16/h1-8,16-19H,9-11H2,(H,27,29)(H,28,32)(H,30,31). The van der Waals surface area contributed by atoms with Gasteiger partial charge in [0, 0.05) is 12.5 Å². The van der Waals surface area contributed by atoms with Crippen molar-refractivity contribution in [1.29, 1.82) is 0 Å². The maximum absolute atomic E-state index is 13.5. The Hall–Kier alpha value is -3.60. The van der Waals surface area contributed by atoms with E-state index in [1.807, 2.05) is 53.8 Å². The second kappa shape index (κ2) is 9.34. The number of carboxylic acids is 1. The third-order valence-electron chi connectivity index (χ3n) is 5.86.